The van der Waals surface area contributed by atoms with Gasteiger partial charge in [-0.2, -0.15) is 0 Å². The summed E-state index contributed by atoms with van der Waals surface area (Å²) in [5.74, 6) is -1.66. The summed E-state index contributed by atoms with van der Waals surface area (Å²) in [6, 6.07) is 4.84. The molecule has 102 valence electrons. The maximum Gasteiger partial charge on any atom is 0.306 e. The van der Waals surface area contributed by atoms with Gasteiger partial charge in [-0.05, 0) is 37.5 Å². The molecule has 4 nitrogen and oxygen atoms in total. The van der Waals surface area contributed by atoms with Crippen molar-refractivity contribution in [3.05, 3.63) is 28.2 Å². The van der Waals surface area contributed by atoms with E-state index in [0.29, 0.717) is 35.0 Å². The standard InChI is InChI=1S/C13H13Cl2NO3/c14-10-4-3-9(6-11(10)15)16-12(17)7-1-2-8(5-7)13(18)19/h3-4,6-8H,1-2,5H2,(H,16,17)(H,18,19). The fraction of sp³-hybridized carbons (Fsp3) is 0.385. The van der Waals surface area contributed by atoms with E-state index in [-0.39, 0.29) is 11.8 Å². The predicted octanol–water partition coefficient (Wildman–Crippen LogP) is 3.43. The SMILES string of the molecule is O=C(O)C1CCC(C(=O)Nc2ccc(Cl)c(Cl)c2)C1. The third kappa shape index (κ3) is 3.39. The van der Waals surface area contributed by atoms with Crippen molar-refractivity contribution in [2.75, 3.05) is 5.32 Å². The van der Waals surface area contributed by atoms with Crippen molar-refractivity contribution in [1.29, 1.82) is 0 Å². The molecule has 1 aliphatic carbocycles. The molecule has 19 heavy (non-hydrogen) atoms. The lowest BCUT2D eigenvalue weighted by Crippen LogP contribution is -2.21. The van der Waals surface area contributed by atoms with Crippen LogP contribution in [0.15, 0.2) is 18.2 Å². The summed E-state index contributed by atoms with van der Waals surface area (Å²) < 4.78 is 0. The van der Waals surface area contributed by atoms with Gasteiger partial charge in [-0.25, -0.2) is 0 Å². The Morgan fingerprint density at radius 2 is 1.84 bits per heavy atom. The van der Waals surface area contributed by atoms with E-state index >= 15 is 0 Å². The van der Waals surface area contributed by atoms with E-state index in [2.05, 4.69) is 5.32 Å². The van der Waals surface area contributed by atoms with Gasteiger partial charge in [-0.15, -0.1) is 0 Å². The van der Waals surface area contributed by atoms with E-state index in [1.807, 2.05) is 0 Å². The zero-order valence-corrected chi connectivity index (χ0v) is 11.5. The number of nitrogens with one attached hydrogen (secondary N) is 1. The second-order valence-corrected chi connectivity index (χ2v) is 5.48. The number of carboxylic acid groups (broad SMARTS) is 1. The molecule has 0 spiro atoms. The average molecular weight is 302 g/mol. The van der Waals surface area contributed by atoms with E-state index in [0.717, 1.165) is 0 Å². The fourth-order valence-corrected chi connectivity index (χ4v) is 2.56. The Kier molecular flexibility index (Phi) is 4.32. The molecule has 1 saturated carbocycles. The first kappa shape index (κ1) is 14.2. The monoisotopic (exact) mass is 301 g/mol. The molecule has 2 unspecified atom stereocenters. The molecular weight excluding hydrogens is 289 g/mol. The quantitative estimate of drug-likeness (QED) is 0.899. The van der Waals surface area contributed by atoms with E-state index < -0.39 is 11.9 Å². The number of anilines is 1. The number of carboxylic acids is 1. The predicted molar refractivity (Wildman–Crippen MR) is 73.6 cm³/mol. The molecule has 2 atom stereocenters. The van der Waals surface area contributed by atoms with Crippen molar-refractivity contribution in [1.82, 2.24) is 0 Å². The van der Waals surface area contributed by atoms with Gasteiger partial charge >= 0.3 is 5.97 Å². The second-order valence-electron chi connectivity index (χ2n) is 4.66. The van der Waals surface area contributed by atoms with Crippen molar-refractivity contribution in [2.24, 2.45) is 11.8 Å². The van der Waals surface area contributed by atoms with Crippen LogP contribution in [-0.4, -0.2) is 17.0 Å². The van der Waals surface area contributed by atoms with Gasteiger partial charge in [0.15, 0.2) is 0 Å². The number of halogens is 2. The molecule has 0 radical (unpaired) electrons. The Labute approximate surface area is 120 Å². The van der Waals surface area contributed by atoms with Crippen LogP contribution in [0.4, 0.5) is 5.69 Å². The molecular formula is C13H13Cl2NO3. The molecule has 6 heteroatoms. The van der Waals surface area contributed by atoms with Gasteiger partial charge in [-0.1, -0.05) is 23.2 Å². The van der Waals surface area contributed by atoms with E-state index in [1.54, 1.807) is 18.2 Å². The van der Waals surface area contributed by atoms with Crippen molar-refractivity contribution < 1.29 is 14.7 Å². The highest BCUT2D eigenvalue weighted by molar-refractivity contribution is 6.42. The number of hydrogen-bond donors (Lipinski definition) is 2. The van der Waals surface area contributed by atoms with Crippen LogP contribution in [0.3, 0.4) is 0 Å². The number of carbonyl (C=O) groups excluding carboxylic acids is 1. The third-order valence-corrected chi connectivity index (χ3v) is 4.08. The number of rotatable bonds is 3. The normalized spacial score (nSPS) is 22.2. The highest BCUT2D eigenvalue weighted by Gasteiger charge is 2.33. The molecule has 1 aromatic rings. The van der Waals surface area contributed by atoms with Crippen LogP contribution in [-0.2, 0) is 9.59 Å². The summed E-state index contributed by atoms with van der Waals surface area (Å²) in [5.41, 5.74) is 0.568. The van der Waals surface area contributed by atoms with Crippen LogP contribution >= 0.6 is 23.2 Å². The zero-order chi connectivity index (χ0) is 14.0. The Hall–Kier alpha value is -1.26. The lowest BCUT2D eigenvalue weighted by molar-refractivity contribution is -0.141. The third-order valence-electron chi connectivity index (χ3n) is 3.34. The highest BCUT2D eigenvalue weighted by atomic mass is 35.5. The summed E-state index contributed by atoms with van der Waals surface area (Å²) in [6.45, 7) is 0. The van der Waals surface area contributed by atoms with Crippen LogP contribution in [0.1, 0.15) is 19.3 Å². The first-order valence-electron chi connectivity index (χ1n) is 5.96. The van der Waals surface area contributed by atoms with E-state index in [1.165, 1.54) is 0 Å². The minimum absolute atomic E-state index is 0.165. The molecule has 0 saturated heterocycles. The topological polar surface area (TPSA) is 66.4 Å². The van der Waals surface area contributed by atoms with Crippen LogP contribution in [0.2, 0.25) is 10.0 Å². The lowest BCUT2D eigenvalue weighted by atomic mass is 10.0. The Balaban J connectivity index is 1.98. The van der Waals surface area contributed by atoms with E-state index in [4.69, 9.17) is 28.3 Å². The fourth-order valence-electron chi connectivity index (χ4n) is 2.26. The van der Waals surface area contributed by atoms with Crippen LogP contribution < -0.4 is 5.32 Å². The Bertz CT molecular complexity index is 519. The van der Waals surface area contributed by atoms with Crippen molar-refractivity contribution in [2.45, 2.75) is 19.3 Å². The van der Waals surface area contributed by atoms with Gasteiger partial charge < -0.3 is 10.4 Å². The number of amides is 1. The largest absolute Gasteiger partial charge is 0.481 e. The Morgan fingerprint density at radius 3 is 2.42 bits per heavy atom. The maximum absolute atomic E-state index is 12.0. The number of benzene rings is 1. The molecule has 1 aromatic carbocycles. The maximum atomic E-state index is 12.0. The molecule has 0 aromatic heterocycles. The van der Waals surface area contributed by atoms with Crippen LogP contribution in [0, 0.1) is 11.8 Å². The highest BCUT2D eigenvalue weighted by Crippen LogP contribution is 2.32. The summed E-state index contributed by atoms with van der Waals surface area (Å²) in [7, 11) is 0. The first-order valence-corrected chi connectivity index (χ1v) is 6.71. The second kappa shape index (κ2) is 5.80. The number of aliphatic carboxylic acids is 1. The van der Waals surface area contributed by atoms with Crippen LogP contribution in [0.25, 0.3) is 0 Å². The van der Waals surface area contributed by atoms with Gasteiger partial charge in [0.1, 0.15) is 0 Å². The minimum atomic E-state index is -0.829. The van der Waals surface area contributed by atoms with E-state index in [9.17, 15) is 9.59 Å². The zero-order valence-electron chi connectivity index (χ0n) is 10.0. The molecule has 0 aliphatic heterocycles. The molecule has 2 rings (SSSR count). The van der Waals surface area contributed by atoms with Gasteiger partial charge in [-0.3, -0.25) is 9.59 Å². The number of carbonyl (C=O) groups is 2. The molecule has 1 aliphatic rings. The van der Waals surface area contributed by atoms with Crippen molar-refractivity contribution >= 4 is 40.8 Å². The first-order chi connectivity index (χ1) is 8.97. The molecule has 2 N–H and O–H groups in total. The van der Waals surface area contributed by atoms with Gasteiger partial charge in [0.05, 0.1) is 16.0 Å². The molecule has 0 bridgehead atoms. The number of hydrogen-bond acceptors (Lipinski definition) is 2. The lowest BCUT2D eigenvalue weighted by Gasteiger charge is -2.11. The summed E-state index contributed by atoms with van der Waals surface area (Å²) in [6.07, 6.45) is 1.54. The Morgan fingerprint density at radius 1 is 1.16 bits per heavy atom. The molecule has 1 fully saturated rings. The van der Waals surface area contributed by atoms with Gasteiger partial charge in [0.2, 0.25) is 5.91 Å². The van der Waals surface area contributed by atoms with Crippen molar-refractivity contribution in [3.63, 3.8) is 0 Å². The molecule has 0 heterocycles. The summed E-state index contributed by atoms with van der Waals surface area (Å²) in [5, 5.41) is 12.4. The summed E-state index contributed by atoms with van der Waals surface area (Å²) in [4.78, 5) is 22.8. The molecule has 1 amide bonds. The minimum Gasteiger partial charge on any atom is -0.481 e. The average Bonchev–Trinajstić information content (AvgIpc) is 2.83. The van der Waals surface area contributed by atoms with Crippen LogP contribution in [0.5, 0.6) is 0 Å². The smallest absolute Gasteiger partial charge is 0.306 e. The summed E-state index contributed by atoms with van der Waals surface area (Å²) >= 11 is 11.6. The van der Waals surface area contributed by atoms with Gasteiger partial charge in [0.25, 0.3) is 0 Å². The van der Waals surface area contributed by atoms with Gasteiger partial charge in [0, 0.05) is 11.6 Å². The van der Waals surface area contributed by atoms with Crippen molar-refractivity contribution in [3.8, 4) is 0 Å².